The van der Waals surface area contributed by atoms with Crippen LogP contribution in [0.2, 0.25) is 0 Å². The molecular weight excluding hydrogens is 439 g/mol. The van der Waals surface area contributed by atoms with Crippen LogP contribution in [0.15, 0.2) is 89.9 Å². The van der Waals surface area contributed by atoms with E-state index in [2.05, 4.69) is 23.8 Å². The molecule has 2 aromatic rings. The van der Waals surface area contributed by atoms with Crippen molar-refractivity contribution in [2.24, 2.45) is 0 Å². The average Bonchev–Trinajstić information content (AvgIpc) is 3.13. The number of allylic oxidation sites excluding steroid dienone is 2. The van der Waals surface area contributed by atoms with Gasteiger partial charge in [-0.25, -0.2) is 8.60 Å². The van der Waals surface area contributed by atoms with Gasteiger partial charge < -0.3 is 10.6 Å². The highest BCUT2D eigenvalue weighted by Crippen LogP contribution is 2.37. The van der Waals surface area contributed by atoms with E-state index in [1.807, 2.05) is 0 Å². The summed E-state index contributed by atoms with van der Waals surface area (Å²) in [7, 11) is 3.91. The zero-order valence-electron chi connectivity index (χ0n) is 16.5. The summed E-state index contributed by atoms with van der Waals surface area (Å²) < 4.78 is 24.6. The highest BCUT2D eigenvalue weighted by atomic mass is 35.7. The maximum Gasteiger partial charge on any atom is 0.252 e. The van der Waals surface area contributed by atoms with Crippen molar-refractivity contribution in [1.82, 2.24) is 5.32 Å². The van der Waals surface area contributed by atoms with Gasteiger partial charge in [-0.3, -0.25) is 9.59 Å². The number of rotatable bonds is 7. The van der Waals surface area contributed by atoms with Crippen LogP contribution in [0, 0.1) is 5.82 Å². The molecule has 1 aliphatic rings. The first-order valence-corrected chi connectivity index (χ1v) is 11.3. The van der Waals surface area contributed by atoms with E-state index < -0.39 is 33.2 Å². The summed E-state index contributed by atoms with van der Waals surface area (Å²) in [5, 5.41) is 5.62. The van der Waals surface area contributed by atoms with Crippen molar-refractivity contribution in [1.29, 1.82) is 0 Å². The maximum atomic E-state index is 13.3. The smallest absolute Gasteiger partial charge is 0.252 e. The molecule has 2 amide bonds. The van der Waals surface area contributed by atoms with Crippen LogP contribution in [0.4, 0.5) is 10.1 Å². The van der Waals surface area contributed by atoms with Gasteiger partial charge in [-0.1, -0.05) is 25.3 Å². The number of hydrogen-bond acceptors (Lipinski definition) is 3. The number of benzene rings is 2. The Morgan fingerprint density at radius 2 is 1.55 bits per heavy atom. The maximum absolute atomic E-state index is 13.3. The molecule has 1 aliphatic carbocycles. The van der Waals surface area contributed by atoms with Gasteiger partial charge in [-0.05, 0) is 70.4 Å². The zero-order chi connectivity index (χ0) is 22.6. The van der Waals surface area contributed by atoms with Crippen molar-refractivity contribution < 1.29 is 18.2 Å². The van der Waals surface area contributed by atoms with Crippen molar-refractivity contribution in [3.8, 4) is 0 Å². The lowest BCUT2D eigenvalue weighted by atomic mass is 9.92. The number of nitrogens with one attached hydrogen (secondary N) is 2. The second kappa shape index (κ2) is 9.41. The lowest BCUT2D eigenvalue weighted by Gasteiger charge is -2.30. The van der Waals surface area contributed by atoms with Crippen LogP contribution < -0.4 is 10.6 Å². The summed E-state index contributed by atoms with van der Waals surface area (Å²) in [6.45, 7) is 7.58. The Balaban J connectivity index is 1.88. The van der Waals surface area contributed by atoms with Gasteiger partial charge in [0.15, 0.2) is 0 Å². The molecule has 1 atom stereocenters. The van der Waals surface area contributed by atoms with Gasteiger partial charge in [-0.2, -0.15) is 0 Å². The lowest BCUT2D eigenvalue weighted by molar-refractivity contribution is -0.121. The molecule has 0 radical (unpaired) electrons. The molecule has 31 heavy (non-hydrogen) atoms. The Kier molecular flexibility index (Phi) is 6.87. The third kappa shape index (κ3) is 5.00. The van der Waals surface area contributed by atoms with E-state index >= 15 is 0 Å². The molecule has 0 saturated carbocycles. The summed E-state index contributed by atoms with van der Waals surface area (Å²) in [4.78, 5) is 26.6. The Hall–Kier alpha value is -3.03. The molecule has 0 spiro atoms. The van der Waals surface area contributed by atoms with Crippen LogP contribution in [-0.4, -0.2) is 21.6 Å². The van der Waals surface area contributed by atoms with E-state index in [1.165, 1.54) is 24.3 Å². The molecule has 2 N–H and O–H groups in total. The molecule has 5 nitrogen and oxygen atoms in total. The molecule has 0 aliphatic heterocycles. The Bertz CT molecular complexity index is 1070. The quantitative estimate of drug-likeness (QED) is 0.593. The van der Waals surface area contributed by atoms with Gasteiger partial charge in [0.25, 0.3) is 11.8 Å². The van der Waals surface area contributed by atoms with Gasteiger partial charge >= 0.3 is 0 Å². The SMILES string of the molecule is C=CC1=C(C=C)CC(NC(=O)c2ccc(F)cc2)(C(=O)Nc2ccc(S(=O)Cl)cc2)C1. The summed E-state index contributed by atoms with van der Waals surface area (Å²) >= 11 is 0. The van der Waals surface area contributed by atoms with Gasteiger partial charge in [0.05, 0.1) is 4.90 Å². The van der Waals surface area contributed by atoms with E-state index in [0.29, 0.717) is 10.6 Å². The van der Waals surface area contributed by atoms with Crippen LogP contribution in [0.25, 0.3) is 0 Å². The molecule has 160 valence electrons. The standard InChI is InChI=1S/C23H20ClFN2O3S/c1-3-15-13-23(14-16(15)4-2,27-21(28)17-5-7-18(25)8-6-17)22(29)26-19-9-11-20(12-10-19)31(24)30/h3-12H,1-2,13-14H2,(H,26,29)(H,27,28). The van der Waals surface area contributed by atoms with Crippen LogP contribution in [0.1, 0.15) is 23.2 Å². The summed E-state index contributed by atoms with van der Waals surface area (Å²) in [5.41, 5.74) is 1.01. The van der Waals surface area contributed by atoms with Crippen LogP contribution in [0.3, 0.4) is 0 Å². The molecule has 8 heteroatoms. The first-order chi connectivity index (χ1) is 14.8. The van der Waals surface area contributed by atoms with E-state index in [0.717, 1.165) is 11.1 Å². The molecule has 3 rings (SSSR count). The normalized spacial score (nSPS) is 15.8. The summed E-state index contributed by atoms with van der Waals surface area (Å²) in [6, 6.07) is 11.3. The van der Waals surface area contributed by atoms with E-state index in [-0.39, 0.29) is 18.4 Å². The van der Waals surface area contributed by atoms with Gasteiger partial charge in [0, 0.05) is 24.1 Å². The molecule has 0 heterocycles. The molecule has 2 aromatic carbocycles. The Labute approximate surface area is 186 Å². The minimum Gasteiger partial charge on any atom is -0.337 e. The minimum absolute atomic E-state index is 0.223. The van der Waals surface area contributed by atoms with Crippen LogP contribution >= 0.6 is 10.7 Å². The fourth-order valence-electron chi connectivity index (χ4n) is 3.44. The van der Waals surface area contributed by atoms with Crippen molar-refractivity contribution in [2.75, 3.05) is 5.32 Å². The third-order valence-electron chi connectivity index (χ3n) is 5.08. The first kappa shape index (κ1) is 22.7. The average molecular weight is 459 g/mol. The predicted octanol–water partition coefficient (Wildman–Crippen LogP) is 4.66. The molecule has 1 unspecified atom stereocenters. The summed E-state index contributed by atoms with van der Waals surface area (Å²) in [5.74, 6) is -1.40. The van der Waals surface area contributed by atoms with Crippen LogP contribution in [-0.2, 0) is 14.8 Å². The van der Waals surface area contributed by atoms with E-state index in [4.69, 9.17) is 10.7 Å². The number of anilines is 1. The molecular formula is C23H20ClFN2O3S. The molecule has 0 aromatic heterocycles. The molecule has 0 bridgehead atoms. The van der Waals surface area contributed by atoms with Gasteiger partial charge in [-0.15, -0.1) is 0 Å². The van der Waals surface area contributed by atoms with Crippen molar-refractivity contribution in [3.05, 3.63) is 96.4 Å². The molecule has 0 fully saturated rings. The minimum atomic E-state index is -1.66. The molecule has 0 saturated heterocycles. The first-order valence-electron chi connectivity index (χ1n) is 9.32. The fraction of sp³-hybridized carbons (Fsp3) is 0.130. The van der Waals surface area contributed by atoms with Gasteiger partial charge in [0.2, 0.25) is 0 Å². The van der Waals surface area contributed by atoms with E-state index in [1.54, 1.807) is 36.4 Å². The topological polar surface area (TPSA) is 75.3 Å². The lowest BCUT2D eigenvalue weighted by Crippen LogP contribution is -2.55. The largest absolute Gasteiger partial charge is 0.337 e. The monoisotopic (exact) mass is 458 g/mol. The number of amides is 2. The Morgan fingerprint density at radius 3 is 2.03 bits per heavy atom. The highest BCUT2D eigenvalue weighted by molar-refractivity contribution is 8.08. The summed E-state index contributed by atoms with van der Waals surface area (Å²) in [6.07, 6.45) is 3.72. The van der Waals surface area contributed by atoms with E-state index in [9.17, 15) is 18.2 Å². The van der Waals surface area contributed by atoms with Crippen molar-refractivity contribution in [3.63, 3.8) is 0 Å². The van der Waals surface area contributed by atoms with Crippen LogP contribution in [0.5, 0.6) is 0 Å². The highest BCUT2D eigenvalue weighted by Gasteiger charge is 2.45. The number of hydrogen-bond donors (Lipinski definition) is 2. The zero-order valence-corrected chi connectivity index (χ0v) is 18.1. The second-order valence-electron chi connectivity index (χ2n) is 7.06. The third-order valence-corrected chi connectivity index (χ3v) is 6.26. The number of halogens is 2. The second-order valence-corrected chi connectivity index (χ2v) is 8.82. The predicted molar refractivity (Wildman–Crippen MR) is 121 cm³/mol. The van der Waals surface area contributed by atoms with Crippen molar-refractivity contribution in [2.45, 2.75) is 23.3 Å². The van der Waals surface area contributed by atoms with Gasteiger partial charge in [0.1, 0.15) is 21.4 Å². The fourth-order valence-corrected chi connectivity index (χ4v) is 4.10. The van der Waals surface area contributed by atoms with Crippen molar-refractivity contribution >= 4 is 38.2 Å². The number of carbonyl (C=O) groups is 2. The number of carbonyl (C=O) groups excluding carboxylic acids is 2. The Morgan fingerprint density at radius 1 is 1.00 bits per heavy atom.